The topological polar surface area (TPSA) is 18.5 Å². The Balaban J connectivity index is 1.66. The van der Waals surface area contributed by atoms with Gasteiger partial charge in [0.2, 0.25) is 4.21 Å². The molecule has 1 heterocycles. The summed E-state index contributed by atoms with van der Waals surface area (Å²) in [7, 11) is -0.200. The van der Waals surface area contributed by atoms with E-state index >= 15 is 0 Å². The molecule has 0 atom stereocenters. The van der Waals surface area contributed by atoms with Crippen LogP contribution in [0.2, 0.25) is 0 Å². The van der Waals surface area contributed by atoms with Gasteiger partial charge in [-0.05, 0) is 94.4 Å². The first-order chi connectivity index (χ1) is 16.0. The summed E-state index contributed by atoms with van der Waals surface area (Å²) in [5, 5.41) is 0. The smallest absolute Gasteiger partial charge is 0.221 e. The monoisotopic (exact) mass is 493 g/mol. The van der Waals surface area contributed by atoms with Gasteiger partial charge in [-0.2, -0.15) is 0 Å². The van der Waals surface area contributed by atoms with E-state index in [0.717, 1.165) is 11.5 Å². The molecule has 0 saturated heterocycles. The molecule has 0 amide bonds. The molecule has 4 rings (SSSR count). The van der Waals surface area contributed by atoms with Gasteiger partial charge in [0.25, 0.3) is 0 Å². The van der Waals surface area contributed by atoms with Gasteiger partial charge in [0, 0.05) is 11.0 Å². The first-order valence-corrected chi connectivity index (χ1v) is 13.9. The minimum Gasteiger partial charge on any atom is -0.491 e. The van der Waals surface area contributed by atoms with Crippen LogP contribution in [-0.2, 0) is 10.9 Å². The van der Waals surface area contributed by atoms with Crippen molar-refractivity contribution in [1.82, 2.24) is 0 Å². The zero-order valence-corrected chi connectivity index (χ0v) is 21.8. The van der Waals surface area contributed by atoms with Gasteiger partial charge in [-0.1, -0.05) is 41.3 Å². The maximum atomic E-state index is 5.87. The van der Waals surface area contributed by atoms with Gasteiger partial charge in [0.05, 0.1) is 16.4 Å². The quantitative estimate of drug-likeness (QED) is 0.218. The molecule has 0 aliphatic carbocycles. The van der Waals surface area contributed by atoms with Crippen molar-refractivity contribution in [2.24, 2.45) is 0 Å². The van der Waals surface area contributed by atoms with Crippen molar-refractivity contribution >= 4 is 34.0 Å². The van der Waals surface area contributed by atoms with E-state index in [2.05, 4.69) is 119 Å². The number of ether oxygens (including phenoxy) is 2. The van der Waals surface area contributed by atoms with Crippen LogP contribution in [-0.4, -0.2) is 12.2 Å². The van der Waals surface area contributed by atoms with Gasteiger partial charge in [-0.15, -0.1) is 0 Å². The van der Waals surface area contributed by atoms with Gasteiger partial charge in [-0.3, -0.25) is 0 Å². The molecule has 3 aromatic carbocycles. The summed E-state index contributed by atoms with van der Waals surface area (Å²) in [5.41, 5.74) is 0. The lowest BCUT2D eigenvalue weighted by molar-refractivity contribution is 0.242. The van der Waals surface area contributed by atoms with E-state index in [1.807, 2.05) is 23.1 Å². The summed E-state index contributed by atoms with van der Waals surface area (Å²) in [4.78, 5) is 3.82. The molecule has 0 saturated carbocycles. The summed E-state index contributed by atoms with van der Waals surface area (Å²) in [5.74, 6) is 1.81. The molecule has 5 heteroatoms. The average molecular weight is 494 g/mol. The van der Waals surface area contributed by atoms with Crippen molar-refractivity contribution in [2.75, 3.05) is 0 Å². The van der Waals surface area contributed by atoms with Crippen LogP contribution in [0.15, 0.2) is 114 Å². The molecular weight excluding hydrogens is 465 g/mol. The van der Waals surface area contributed by atoms with Crippen molar-refractivity contribution in [1.29, 1.82) is 0 Å². The molecule has 0 fully saturated rings. The SMILES string of the molecule is CC(C)Oc1ccc([S+](c2ccc(OC(C)C)cc2)c2ccc(Sc3ccccc3)s2)cc1. The van der Waals surface area contributed by atoms with E-state index in [1.165, 1.54) is 23.1 Å². The summed E-state index contributed by atoms with van der Waals surface area (Å²) in [6.07, 6.45) is 0.329. The summed E-state index contributed by atoms with van der Waals surface area (Å²) in [6.45, 7) is 8.21. The number of rotatable bonds is 9. The highest BCUT2D eigenvalue weighted by Gasteiger charge is 2.31. The first-order valence-electron chi connectivity index (χ1n) is 11.1. The van der Waals surface area contributed by atoms with Crippen molar-refractivity contribution < 1.29 is 9.47 Å². The van der Waals surface area contributed by atoms with Crippen LogP contribution in [0.5, 0.6) is 11.5 Å². The highest BCUT2D eigenvalue weighted by Crippen LogP contribution is 2.41. The molecule has 0 aliphatic heterocycles. The van der Waals surface area contributed by atoms with Crippen LogP contribution < -0.4 is 9.47 Å². The molecule has 0 radical (unpaired) electrons. The third kappa shape index (κ3) is 6.59. The lowest BCUT2D eigenvalue weighted by atomic mass is 10.3. The molecule has 2 nitrogen and oxygen atoms in total. The standard InChI is InChI=1S/C28H29O2S3/c1-20(2)29-22-10-14-25(15-11-22)33(26-16-12-23(13-17-26)30-21(3)4)28-19-18-27(32-28)31-24-8-6-5-7-9-24/h5-21H,1-4H3/q+1. The van der Waals surface area contributed by atoms with Crippen molar-refractivity contribution in [3.63, 3.8) is 0 Å². The van der Waals surface area contributed by atoms with E-state index in [4.69, 9.17) is 9.47 Å². The van der Waals surface area contributed by atoms with Gasteiger partial charge in [-0.25, -0.2) is 0 Å². The zero-order valence-electron chi connectivity index (χ0n) is 19.4. The molecule has 33 heavy (non-hydrogen) atoms. The maximum Gasteiger partial charge on any atom is 0.221 e. The second kappa shape index (κ2) is 11.2. The Morgan fingerprint density at radius 2 is 1.15 bits per heavy atom. The van der Waals surface area contributed by atoms with Gasteiger partial charge in [0.1, 0.15) is 22.4 Å². The van der Waals surface area contributed by atoms with Gasteiger partial charge < -0.3 is 9.47 Å². The third-order valence-electron chi connectivity index (χ3n) is 4.58. The number of benzene rings is 3. The largest absolute Gasteiger partial charge is 0.491 e. The Morgan fingerprint density at radius 1 is 0.636 bits per heavy atom. The van der Waals surface area contributed by atoms with Crippen molar-refractivity contribution in [3.05, 3.63) is 91.0 Å². The lowest BCUT2D eigenvalue weighted by Crippen LogP contribution is -2.07. The fourth-order valence-electron chi connectivity index (χ4n) is 3.29. The minimum absolute atomic E-state index is 0.164. The molecular formula is C28H29O2S3+. The average Bonchev–Trinajstić information content (AvgIpc) is 3.24. The summed E-state index contributed by atoms with van der Waals surface area (Å²) in [6, 6.07) is 32.2. The van der Waals surface area contributed by atoms with Crippen molar-refractivity contribution in [2.45, 2.75) is 63.0 Å². The Bertz CT molecular complexity index is 1080. The van der Waals surface area contributed by atoms with Crippen LogP contribution >= 0.6 is 23.1 Å². The van der Waals surface area contributed by atoms with E-state index in [1.54, 1.807) is 0 Å². The Hall–Kier alpha value is -2.34. The molecule has 170 valence electrons. The summed E-state index contributed by atoms with van der Waals surface area (Å²) >= 11 is 3.69. The fourth-order valence-corrected chi connectivity index (χ4v) is 8.25. The zero-order chi connectivity index (χ0) is 23.2. The predicted octanol–water partition coefficient (Wildman–Crippen LogP) is 8.57. The molecule has 0 unspecified atom stereocenters. The number of hydrogen-bond donors (Lipinski definition) is 0. The minimum atomic E-state index is -0.200. The molecule has 1 aromatic heterocycles. The Morgan fingerprint density at radius 3 is 1.64 bits per heavy atom. The van der Waals surface area contributed by atoms with E-state index in [-0.39, 0.29) is 23.1 Å². The second-order valence-corrected chi connectivity index (χ2v) is 12.8. The second-order valence-electron chi connectivity index (χ2n) is 8.07. The fraction of sp³-hybridized carbons (Fsp3) is 0.214. The van der Waals surface area contributed by atoms with E-state index < -0.39 is 0 Å². The first kappa shape index (κ1) is 23.8. The molecule has 4 aromatic rings. The Labute approximate surface area is 208 Å². The molecule has 0 aliphatic rings. The molecule has 0 bridgehead atoms. The highest BCUT2D eigenvalue weighted by atomic mass is 32.2. The Kier molecular flexibility index (Phi) is 8.07. The van der Waals surface area contributed by atoms with Gasteiger partial charge >= 0.3 is 0 Å². The van der Waals surface area contributed by atoms with Crippen LogP contribution in [0.1, 0.15) is 27.7 Å². The molecule has 0 N–H and O–H groups in total. The number of hydrogen-bond acceptors (Lipinski definition) is 4. The van der Waals surface area contributed by atoms with E-state index in [9.17, 15) is 0 Å². The highest BCUT2D eigenvalue weighted by molar-refractivity contribution is 8.02. The van der Waals surface area contributed by atoms with Crippen LogP contribution in [0.3, 0.4) is 0 Å². The van der Waals surface area contributed by atoms with Crippen LogP contribution in [0.4, 0.5) is 0 Å². The number of thiophene rings is 1. The maximum absolute atomic E-state index is 5.87. The normalized spacial score (nSPS) is 11.4. The predicted molar refractivity (Wildman–Crippen MR) is 141 cm³/mol. The van der Waals surface area contributed by atoms with Gasteiger partial charge in [0.15, 0.2) is 9.79 Å². The molecule has 0 spiro atoms. The third-order valence-corrected chi connectivity index (χ3v) is 9.38. The lowest BCUT2D eigenvalue weighted by Gasteiger charge is -2.12. The van der Waals surface area contributed by atoms with E-state index in [0.29, 0.717) is 0 Å². The van der Waals surface area contributed by atoms with Crippen LogP contribution in [0, 0.1) is 0 Å². The summed E-state index contributed by atoms with van der Waals surface area (Å²) < 4.78 is 14.4. The van der Waals surface area contributed by atoms with Crippen molar-refractivity contribution in [3.8, 4) is 11.5 Å². The van der Waals surface area contributed by atoms with Crippen LogP contribution in [0.25, 0.3) is 0 Å².